The maximum atomic E-state index is 12.5. The van der Waals surface area contributed by atoms with Gasteiger partial charge in [-0.05, 0) is 69.8 Å². The molecule has 2 saturated heterocycles. The molecule has 2 aliphatic heterocycles. The van der Waals surface area contributed by atoms with Crippen molar-refractivity contribution in [2.24, 2.45) is 0 Å². The minimum absolute atomic E-state index is 0.0464. The van der Waals surface area contributed by atoms with E-state index >= 15 is 0 Å². The lowest BCUT2D eigenvalue weighted by Gasteiger charge is -2.49. The lowest BCUT2D eigenvalue weighted by molar-refractivity contribution is 0.0245. The van der Waals surface area contributed by atoms with Gasteiger partial charge in [-0.2, -0.15) is 0 Å². The molecular formula is C20H30N2O2. The molecule has 0 aromatic heterocycles. The van der Waals surface area contributed by atoms with Crippen molar-refractivity contribution in [3.63, 3.8) is 0 Å². The van der Waals surface area contributed by atoms with E-state index in [0.717, 1.165) is 24.2 Å². The smallest absolute Gasteiger partial charge is 0.251 e. The normalized spacial score (nSPS) is 26.8. The van der Waals surface area contributed by atoms with E-state index in [-0.39, 0.29) is 5.91 Å². The number of piperidine rings is 2. The molecule has 2 fully saturated rings. The molecule has 0 radical (unpaired) electrons. The summed E-state index contributed by atoms with van der Waals surface area (Å²) in [6.45, 7) is 6.07. The standard InChI is InChI=1S/C20H30N2O2/c1-3-12-22-17-6-5-7-18(22)14-16(13-17)21-20(23)15-8-10-19(11-9-15)24-4-2/h8-11,16-18H,3-7,12-14H2,1-2H3,(H,21,23)/t16?,17-,18+. The summed E-state index contributed by atoms with van der Waals surface area (Å²) in [4.78, 5) is 15.2. The molecule has 0 aliphatic carbocycles. The number of benzene rings is 1. The van der Waals surface area contributed by atoms with E-state index in [2.05, 4.69) is 17.1 Å². The molecule has 1 unspecified atom stereocenters. The van der Waals surface area contributed by atoms with E-state index in [1.54, 1.807) is 0 Å². The van der Waals surface area contributed by atoms with Crippen LogP contribution >= 0.6 is 0 Å². The van der Waals surface area contributed by atoms with Gasteiger partial charge in [0.15, 0.2) is 0 Å². The molecule has 3 atom stereocenters. The van der Waals surface area contributed by atoms with E-state index < -0.39 is 0 Å². The highest BCUT2D eigenvalue weighted by Crippen LogP contribution is 2.34. The summed E-state index contributed by atoms with van der Waals surface area (Å²) >= 11 is 0. The lowest BCUT2D eigenvalue weighted by atomic mass is 9.81. The fraction of sp³-hybridized carbons (Fsp3) is 0.650. The van der Waals surface area contributed by atoms with Gasteiger partial charge in [-0.15, -0.1) is 0 Å². The minimum Gasteiger partial charge on any atom is -0.494 e. The second kappa shape index (κ2) is 8.02. The first-order valence-corrected chi connectivity index (χ1v) is 9.50. The third-order valence-electron chi connectivity index (χ3n) is 5.37. The van der Waals surface area contributed by atoms with Crippen molar-refractivity contribution in [2.45, 2.75) is 70.5 Å². The molecular weight excluding hydrogens is 300 g/mol. The van der Waals surface area contributed by atoms with E-state index in [1.807, 2.05) is 31.2 Å². The number of rotatable bonds is 6. The van der Waals surface area contributed by atoms with E-state index in [4.69, 9.17) is 4.74 Å². The Morgan fingerprint density at radius 3 is 2.42 bits per heavy atom. The monoisotopic (exact) mass is 330 g/mol. The van der Waals surface area contributed by atoms with Crippen molar-refractivity contribution < 1.29 is 9.53 Å². The molecule has 1 N–H and O–H groups in total. The molecule has 2 heterocycles. The van der Waals surface area contributed by atoms with Gasteiger partial charge < -0.3 is 10.1 Å². The maximum Gasteiger partial charge on any atom is 0.251 e. The Morgan fingerprint density at radius 1 is 1.17 bits per heavy atom. The highest BCUT2D eigenvalue weighted by Gasteiger charge is 2.38. The van der Waals surface area contributed by atoms with Crippen LogP contribution in [-0.4, -0.2) is 42.1 Å². The first kappa shape index (κ1) is 17.3. The van der Waals surface area contributed by atoms with Gasteiger partial charge >= 0.3 is 0 Å². The van der Waals surface area contributed by atoms with Crippen molar-refractivity contribution in [2.75, 3.05) is 13.2 Å². The molecule has 1 aromatic carbocycles. The van der Waals surface area contributed by atoms with Crippen molar-refractivity contribution in [1.82, 2.24) is 10.2 Å². The Labute approximate surface area is 145 Å². The number of hydrogen-bond acceptors (Lipinski definition) is 3. The summed E-state index contributed by atoms with van der Waals surface area (Å²) in [6, 6.07) is 9.08. The van der Waals surface area contributed by atoms with Crippen LogP contribution in [0.1, 0.15) is 62.7 Å². The van der Waals surface area contributed by atoms with E-state index in [9.17, 15) is 4.79 Å². The molecule has 1 aromatic rings. The van der Waals surface area contributed by atoms with Crippen molar-refractivity contribution in [3.05, 3.63) is 29.8 Å². The van der Waals surface area contributed by atoms with Gasteiger partial charge in [0.1, 0.15) is 5.75 Å². The van der Waals surface area contributed by atoms with Gasteiger partial charge in [0, 0.05) is 23.7 Å². The molecule has 3 rings (SSSR count). The zero-order valence-corrected chi connectivity index (χ0v) is 15.0. The lowest BCUT2D eigenvalue weighted by Crippen LogP contribution is -2.57. The fourth-order valence-electron chi connectivity index (χ4n) is 4.36. The van der Waals surface area contributed by atoms with Gasteiger partial charge in [0.05, 0.1) is 6.61 Å². The first-order valence-electron chi connectivity index (χ1n) is 9.50. The quantitative estimate of drug-likeness (QED) is 0.866. The molecule has 132 valence electrons. The first-order chi connectivity index (χ1) is 11.7. The number of amides is 1. The van der Waals surface area contributed by atoms with E-state index in [1.165, 1.54) is 32.2 Å². The van der Waals surface area contributed by atoms with Gasteiger partial charge in [-0.3, -0.25) is 9.69 Å². The second-order valence-electron chi connectivity index (χ2n) is 7.08. The third kappa shape index (κ3) is 3.92. The van der Waals surface area contributed by atoms with Crippen LogP contribution < -0.4 is 10.1 Å². The van der Waals surface area contributed by atoms with Crippen LogP contribution in [0.15, 0.2) is 24.3 Å². The predicted molar refractivity (Wildman–Crippen MR) is 96.5 cm³/mol. The maximum absolute atomic E-state index is 12.5. The molecule has 24 heavy (non-hydrogen) atoms. The molecule has 4 nitrogen and oxygen atoms in total. The minimum atomic E-state index is 0.0464. The fourth-order valence-corrected chi connectivity index (χ4v) is 4.36. The van der Waals surface area contributed by atoms with Crippen molar-refractivity contribution in [1.29, 1.82) is 0 Å². The zero-order valence-electron chi connectivity index (χ0n) is 15.0. The predicted octanol–water partition coefficient (Wildman–Crippen LogP) is 3.61. The molecule has 0 spiro atoms. The van der Waals surface area contributed by atoms with Crippen LogP contribution in [0.25, 0.3) is 0 Å². The van der Waals surface area contributed by atoms with Crippen LogP contribution in [0.5, 0.6) is 5.75 Å². The molecule has 4 heteroatoms. The van der Waals surface area contributed by atoms with Gasteiger partial charge in [0.2, 0.25) is 0 Å². The number of ether oxygens (including phenoxy) is 1. The highest BCUT2D eigenvalue weighted by atomic mass is 16.5. The van der Waals surface area contributed by atoms with Crippen molar-refractivity contribution in [3.8, 4) is 5.75 Å². The summed E-state index contributed by atoms with van der Waals surface area (Å²) in [7, 11) is 0. The van der Waals surface area contributed by atoms with Crippen LogP contribution in [0.4, 0.5) is 0 Å². The number of hydrogen-bond donors (Lipinski definition) is 1. The zero-order chi connectivity index (χ0) is 16.9. The second-order valence-corrected chi connectivity index (χ2v) is 7.08. The molecule has 0 saturated carbocycles. The Morgan fingerprint density at radius 2 is 1.83 bits per heavy atom. The van der Waals surface area contributed by atoms with Crippen LogP contribution in [0.2, 0.25) is 0 Å². The molecule has 1 amide bonds. The Kier molecular flexibility index (Phi) is 5.77. The van der Waals surface area contributed by atoms with Gasteiger partial charge in [0.25, 0.3) is 5.91 Å². The molecule has 2 aliphatic rings. The van der Waals surface area contributed by atoms with Crippen LogP contribution in [-0.2, 0) is 0 Å². The average Bonchev–Trinajstić information content (AvgIpc) is 2.56. The number of carbonyl (C=O) groups excluding carboxylic acids is 1. The summed E-state index contributed by atoms with van der Waals surface area (Å²) in [5.41, 5.74) is 0.722. The Hall–Kier alpha value is -1.55. The van der Waals surface area contributed by atoms with Crippen LogP contribution in [0, 0.1) is 0 Å². The largest absolute Gasteiger partial charge is 0.494 e. The van der Waals surface area contributed by atoms with Crippen molar-refractivity contribution >= 4 is 5.91 Å². The SMILES string of the molecule is CCCN1[C@@H]2CCC[C@H]1CC(NC(=O)c1ccc(OCC)cc1)C2. The van der Waals surface area contributed by atoms with Crippen LogP contribution in [0.3, 0.4) is 0 Å². The number of carbonyl (C=O) groups is 1. The summed E-state index contributed by atoms with van der Waals surface area (Å²) in [5, 5.41) is 3.27. The number of fused-ring (bicyclic) bond motifs is 2. The Balaban J connectivity index is 1.59. The summed E-state index contributed by atoms with van der Waals surface area (Å²) < 4.78 is 5.44. The average molecular weight is 330 g/mol. The summed E-state index contributed by atoms with van der Waals surface area (Å²) in [6.07, 6.45) is 7.32. The van der Waals surface area contributed by atoms with Gasteiger partial charge in [-0.25, -0.2) is 0 Å². The van der Waals surface area contributed by atoms with E-state index in [0.29, 0.717) is 24.7 Å². The Bertz CT molecular complexity index is 529. The summed E-state index contributed by atoms with van der Waals surface area (Å²) in [5.74, 6) is 0.863. The third-order valence-corrected chi connectivity index (χ3v) is 5.37. The number of nitrogens with zero attached hydrogens (tertiary/aromatic N) is 1. The molecule has 2 bridgehead atoms. The van der Waals surface area contributed by atoms with Gasteiger partial charge in [-0.1, -0.05) is 13.3 Å². The topological polar surface area (TPSA) is 41.6 Å². The number of nitrogens with one attached hydrogen (secondary N) is 1. The highest BCUT2D eigenvalue weighted by molar-refractivity contribution is 5.94.